The van der Waals surface area contributed by atoms with Gasteiger partial charge in [-0.25, -0.2) is 12.8 Å². The summed E-state index contributed by atoms with van der Waals surface area (Å²) in [6, 6.07) is 16.6. The van der Waals surface area contributed by atoms with Gasteiger partial charge in [0.15, 0.2) is 0 Å². The first-order valence-electron chi connectivity index (χ1n) is 12.5. The lowest BCUT2D eigenvalue weighted by molar-refractivity contribution is -0.140. The molecule has 0 radical (unpaired) electrons. The first-order valence-corrected chi connectivity index (χ1v) is 14.3. The number of anilines is 1. The number of hydrogen-bond donors (Lipinski definition) is 1. The maximum atomic E-state index is 14.0. The van der Waals surface area contributed by atoms with E-state index in [0.717, 1.165) is 4.31 Å². The first-order chi connectivity index (χ1) is 18.7. The lowest BCUT2D eigenvalue weighted by atomic mass is 10.1. The fourth-order valence-electron chi connectivity index (χ4n) is 3.93. The van der Waals surface area contributed by atoms with Crippen LogP contribution < -0.4 is 14.4 Å². The van der Waals surface area contributed by atoms with Crippen molar-refractivity contribution in [2.75, 3.05) is 18.0 Å². The number of carbonyl (C=O) groups is 2. The van der Waals surface area contributed by atoms with Crippen LogP contribution in [0.25, 0.3) is 0 Å². The van der Waals surface area contributed by atoms with Crippen molar-refractivity contribution in [2.45, 2.75) is 50.7 Å². The molecule has 1 atom stereocenters. The highest BCUT2D eigenvalue weighted by molar-refractivity contribution is 7.92. The fourth-order valence-corrected chi connectivity index (χ4v) is 5.54. The maximum absolute atomic E-state index is 14.0. The zero-order valence-electron chi connectivity index (χ0n) is 23.0. The van der Waals surface area contributed by atoms with Gasteiger partial charge in [0, 0.05) is 17.1 Å². The van der Waals surface area contributed by atoms with E-state index in [0.29, 0.717) is 5.56 Å². The molecule has 0 saturated carbocycles. The average molecular weight is 590 g/mol. The summed E-state index contributed by atoms with van der Waals surface area (Å²) in [6.45, 7) is 6.25. The number of amides is 2. The van der Waals surface area contributed by atoms with E-state index >= 15 is 0 Å². The van der Waals surface area contributed by atoms with Gasteiger partial charge < -0.3 is 15.0 Å². The molecule has 0 bridgehead atoms. The predicted octanol–water partition coefficient (Wildman–Crippen LogP) is 5.02. The van der Waals surface area contributed by atoms with E-state index < -0.39 is 45.8 Å². The fraction of sp³-hybridized carbons (Fsp3) is 0.310. The van der Waals surface area contributed by atoms with Crippen LogP contribution in [0.4, 0.5) is 10.1 Å². The molecule has 0 aromatic heterocycles. The van der Waals surface area contributed by atoms with Crippen molar-refractivity contribution in [1.82, 2.24) is 10.2 Å². The first kappa shape index (κ1) is 30.9. The Kier molecular flexibility index (Phi) is 9.81. The highest BCUT2D eigenvalue weighted by Crippen LogP contribution is 2.35. The van der Waals surface area contributed by atoms with Gasteiger partial charge in [0.1, 0.15) is 24.2 Å². The molecule has 1 unspecified atom stereocenters. The van der Waals surface area contributed by atoms with Gasteiger partial charge in [-0.2, -0.15) is 0 Å². The van der Waals surface area contributed by atoms with Gasteiger partial charge >= 0.3 is 0 Å². The normalized spacial score (nSPS) is 12.4. The highest BCUT2D eigenvalue weighted by Gasteiger charge is 2.34. The van der Waals surface area contributed by atoms with Gasteiger partial charge in [-0.15, -0.1) is 0 Å². The lowest BCUT2D eigenvalue weighted by Gasteiger charge is -2.33. The molecule has 8 nitrogen and oxygen atoms in total. The Morgan fingerprint density at radius 2 is 1.65 bits per heavy atom. The molecule has 0 saturated heterocycles. The number of carbonyl (C=O) groups excluding carboxylic acids is 2. The van der Waals surface area contributed by atoms with Crippen LogP contribution in [0, 0.1) is 5.82 Å². The number of rotatable bonds is 10. The second-order valence-corrected chi connectivity index (χ2v) is 12.5. The molecule has 0 spiro atoms. The van der Waals surface area contributed by atoms with Gasteiger partial charge in [-0.05, 0) is 75.7 Å². The molecular formula is C29H33ClFN3O5S. The van der Waals surface area contributed by atoms with Crippen LogP contribution in [0.1, 0.15) is 33.3 Å². The number of nitrogens with zero attached hydrogens (tertiary/aromatic N) is 2. The van der Waals surface area contributed by atoms with Crippen LogP contribution >= 0.6 is 11.6 Å². The SMILES string of the molecule is COc1ccc(Cl)cc1N(CC(=O)N(Cc1ccc(F)cc1)C(C)C(=O)NC(C)(C)C)S(=O)(=O)c1ccccc1. The molecule has 0 heterocycles. The third-order valence-corrected chi connectivity index (χ3v) is 7.96. The van der Waals surface area contributed by atoms with Crippen molar-refractivity contribution in [3.8, 4) is 5.75 Å². The summed E-state index contributed by atoms with van der Waals surface area (Å²) in [7, 11) is -2.91. The van der Waals surface area contributed by atoms with Crippen LogP contribution in [-0.4, -0.2) is 50.4 Å². The Balaban J connectivity index is 2.09. The summed E-state index contributed by atoms with van der Waals surface area (Å²) < 4.78 is 47.7. The second-order valence-electron chi connectivity index (χ2n) is 10.2. The molecule has 2 amide bonds. The standard InChI is InChI=1S/C29H33ClFN3O5S/c1-20(28(36)32-29(2,3)4)33(18-21-11-14-23(31)15-12-21)27(35)19-34(25-17-22(30)13-16-26(25)39-5)40(37,38)24-9-7-6-8-10-24/h6-17,20H,18-19H2,1-5H3,(H,32,36). The summed E-state index contributed by atoms with van der Waals surface area (Å²) in [5.41, 5.74) is 0.0379. The number of nitrogens with one attached hydrogen (secondary N) is 1. The van der Waals surface area contributed by atoms with Crippen LogP contribution in [0.2, 0.25) is 5.02 Å². The van der Waals surface area contributed by atoms with Crippen molar-refractivity contribution in [3.05, 3.63) is 89.2 Å². The van der Waals surface area contributed by atoms with Crippen molar-refractivity contribution < 1.29 is 27.1 Å². The lowest BCUT2D eigenvalue weighted by Crippen LogP contribution is -2.54. The molecule has 0 aliphatic rings. The van der Waals surface area contributed by atoms with Crippen LogP contribution in [0.15, 0.2) is 77.7 Å². The van der Waals surface area contributed by atoms with Crippen molar-refractivity contribution in [1.29, 1.82) is 0 Å². The molecule has 0 aliphatic heterocycles. The summed E-state index contributed by atoms with van der Waals surface area (Å²) in [5, 5.41) is 3.09. The molecule has 3 aromatic carbocycles. The van der Waals surface area contributed by atoms with Gasteiger partial charge in [0.05, 0.1) is 17.7 Å². The van der Waals surface area contributed by atoms with Crippen molar-refractivity contribution in [3.63, 3.8) is 0 Å². The summed E-state index contributed by atoms with van der Waals surface area (Å²) in [4.78, 5) is 28.3. The molecule has 0 fully saturated rings. The number of methoxy groups -OCH3 is 1. The predicted molar refractivity (Wildman–Crippen MR) is 153 cm³/mol. The van der Waals surface area contributed by atoms with E-state index in [1.807, 2.05) is 20.8 Å². The minimum absolute atomic E-state index is 0.0477. The number of ether oxygens (including phenoxy) is 1. The smallest absolute Gasteiger partial charge is 0.264 e. The Bertz CT molecular complexity index is 1440. The Labute approximate surface area is 239 Å². The Morgan fingerprint density at radius 3 is 2.23 bits per heavy atom. The second kappa shape index (κ2) is 12.7. The van der Waals surface area contributed by atoms with Gasteiger partial charge in [0.25, 0.3) is 10.0 Å². The topological polar surface area (TPSA) is 96.0 Å². The van der Waals surface area contributed by atoms with E-state index in [1.165, 1.54) is 60.5 Å². The van der Waals surface area contributed by atoms with E-state index in [9.17, 15) is 22.4 Å². The average Bonchev–Trinajstić information content (AvgIpc) is 2.90. The van der Waals surface area contributed by atoms with Crippen molar-refractivity contribution in [2.24, 2.45) is 0 Å². The Hall–Kier alpha value is -3.63. The molecule has 214 valence electrons. The van der Waals surface area contributed by atoms with E-state index in [1.54, 1.807) is 31.2 Å². The van der Waals surface area contributed by atoms with Gasteiger partial charge in [-0.3, -0.25) is 13.9 Å². The zero-order valence-corrected chi connectivity index (χ0v) is 24.6. The molecule has 3 rings (SSSR count). The van der Waals surface area contributed by atoms with E-state index in [2.05, 4.69) is 5.32 Å². The molecule has 1 N–H and O–H groups in total. The van der Waals surface area contributed by atoms with Gasteiger partial charge in [-0.1, -0.05) is 41.9 Å². The van der Waals surface area contributed by atoms with Crippen LogP contribution in [0.3, 0.4) is 0 Å². The zero-order chi connectivity index (χ0) is 29.7. The van der Waals surface area contributed by atoms with E-state index in [4.69, 9.17) is 16.3 Å². The largest absolute Gasteiger partial charge is 0.495 e. The summed E-state index contributed by atoms with van der Waals surface area (Å²) in [5.74, 6) is -1.36. The van der Waals surface area contributed by atoms with Crippen LogP contribution in [-0.2, 0) is 26.2 Å². The molecule has 40 heavy (non-hydrogen) atoms. The molecule has 3 aromatic rings. The number of hydrogen-bond acceptors (Lipinski definition) is 5. The third kappa shape index (κ3) is 7.73. The van der Waals surface area contributed by atoms with Gasteiger partial charge in [0.2, 0.25) is 11.8 Å². The molecular weight excluding hydrogens is 557 g/mol. The minimum atomic E-state index is -4.29. The van der Waals surface area contributed by atoms with E-state index in [-0.39, 0.29) is 27.9 Å². The maximum Gasteiger partial charge on any atom is 0.264 e. The van der Waals surface area contributed by atoms with Crippen LogP contribution in [0.5, 0.6) is 5.75 Å². The minimum Gasteiger partial charge on any atom is -0.495 e. The molecule has 11 heteroatoms. The molecule has 0 aliphatic carbocycles. The summed E-state index contributed by atoms with van der Waals surface area (Å²) in [6.07, 6.45) is 0. The highest BCUT2D eigenvalue weighted by atomic mass is 35.5. The summed E-state index contributed by atoms with van der Waals surface area (Å²) >= 11 is 6.23. The number of halogens is 2. The Morgan fingerprint density at radius 1 is 1.02 bits per heavy atom. The quantitative estimate of drug-likeness (QED) is 0.358. The number of sulfonamides is 1. The monoisotopic (exact) mass is 589 g/mol. The third-order valence-electron chi connectivity index (χ3n) is 5.95. The van der Waals surface area contributed by atoms with Crippen molar-refractivity contribution >= 4 is 39.1 Å². The number of benzene rings is 3.